The summed E-state index contributed by atoms with van der Waals surface area (Å²) in [6.45, 7) is 4.70. The number of fused-ring (bicyclic) bond motifs is 1. The summed E-state index contributed by atoms with van der Waals surface area (Å²) in [5.41, 5.74) is 3.14. The Kier molecular flexibility index (Phi) is 10.2. The molecule has 0 amide bonds. The van der Waals surface area contributed by atoms with Gasteiger partial charge in [-0.1, -0.05) is 0 Å². The number of hydrogen-bond acceptors (Lipinski definition) is 0. The molecule has 1 atom stereocenters. The molecule has 0 spiro atoms. The van der Waals surface area contributed by atoms with E-state index in [4.69, 9.17) is 0 Å². The molecule has 24 heavy (non-hydrogen) atoms. The second-order valence-corrected chi connectivity index (χ2v) is 10.9. The molecule has 0 bridgehead atoms. The SMILES string of the molecule is CCCP(CCC)C1=Cc2ccccc2[CH]1[Ti+2][C]1=CC=CC1.[Cl-].[Cl-]. The minimum atomic E-state index is -0.0775. The first-order chi connectivity index (χ1) is 10.8. The van der Waals surface area contributed by atoms with Crippen LogP contribution in [0, 0.1) is 0 Å². The molecule has 1 unspecified atom stereocenters. The first-order valence-electron chi connectivity index (χ1n) is 8.51. The van der Waals surface area contributed by atoms with Gasteiger partial charge in [-0.25, -0.2) is 0 Å². The van der Waals surface area contributed by atoms with Crippen LogP contribution in [-0.4, -0.2) is 12.3 Å². The summed E-state index contributed by atoms with van der Waals surface area (Å²) < 4.78 is 2.50. The topological polar surface area (TPSA) is 0 Å². The third-order valence-electron chi connectivity index (χ3n) is 4.36. The molecule has 1 aromatic carbocycles. The largest absolute Gasteiger partial charge is 1.00 e. The van der Waals surface area contributed by atoms with E-state index in [0.717, 1.165) is 4.22 Å². The van der Waals surface area contributed by atoms with Crippen LogP contribution >= 0.6 is 7.92 Å². The van der Waals surface area contributed by atoms with Crippen LogP contribution in [0.4, 0.5) is 0 Å². The Morgan fingerprint density at radius 1 is 1.08 bits per heavy atom. The number of halogens is 2. The maximum absolute atomic E-state index is 2.57. The van der Waals surface area contributed by atoms with Crippen molar-refractivity contribution in [2.75, 3.05) is 12.3 Å². The van der Waals surface area contributed by atoms with Crippen molar-refractivity contribution in [3.05, 3.63) is 62.8 Å². The molecule has 0 N–H and O–H groups in total. The van der Waals surface area contributed by atoms with Gasteiger partial charge in [0.05, 0.1) is 0 Å². The molecule has 0 nitrogen and oxygen atoms in total. The van der Waals surface area contributed by atoms with Gasteiger partial charge >= 0.3 is 146 Å². The van der Waals surface area contributed by atoms with Gasteiger partial charge in [0.25, 0.3) is 0 Å². The maximum Gasteiger partial charge on any atom is -1.00 e. The van der Waals surface area contributed by atoms with Gasteiger partial charge in [-0.15, -0.1) is 0 Å². The zero-order chi connectivity index (χ0) is 15.4. The van der Waals surface area contributed by atoms with E-state index in [1.54, 1.807) is 9.44 Å². The Morgan fingerprint density at radius 2 is 1.79 bits per heavy atom. The van der Waals surface area contributed by atoms with E-state index in [-0.39, 0.29) is 51.9 Å². The van der Waals surface area contributed by atoms with Gasteiger partial charge in [-0.2, -0.15) is 0 Å². The van der Waals surface area contributed by atoms with Crippen LogP contribution in [0.25, 0.3) is 6.08 Å². The normalized spacial score (nSPS) is 17.5. The van der Waals surface area contributed by atoms with Crippen LogP contribution in [0.15, 0.2) is 51.7 Å². The maximum atomic E-state index is 2.57. The molecule has 4 heteroatoms. The van der Waals surface area contributed by atoms with E-state index in [1.165, 1.54) is 37.1 Å². The Balaban J connectivity index is 0.00000144. The first-order valence-corrected chi connectivity index (χ1v) is 11.9. The monoisotopic (exact) mass is 414 g/mol. The Labute approximate surface area is 169 Å². The number of benzene rings is 1. The van der Waals surface area contributed by atoms with Crippen LogP contribution in [0.1, 0.15) is 48.5 Å². The predicted octanol–water partition coefficient (Wildman–Crippen LogP) is 0.318. The van der Waals surface area contributed by atoms with Crippen molar-refractivity contribution in [1.82, 2.24) is 0 Å². The molecule has 3 rings (SSSR count). The third kappa shape index (κ3) is 5.09. The predicted molar refractivity (Wildman–Crippen MR) is 96.2 cm³/mol. The smallest absolute Gasteiger partial charge is 1.00 e. The standard InChI is InChI=1S/C15H20P.C5H5.2ClH.Ti/c1-3-9-16(10-4-2)15-11-13-7-5-6-8-14(13)12-15;1-2-4-5-3-1;;;/h5-8,11-12H,3-4,9-10H2,1-2H3;1-3H,4H2;2*1H;/q;;;;+2/p-2. The summed E-state index contributed by atoms with van der Waals surface area (Å²) >= 11 is -0.0775. The molecule has 1 aromatic rings. The molecule has 2 aliphatic carbocycles. The molecule has 0 heterocycles. The van der Waals surface area contributed by atoms with Crippen LogP contribution in [0.5, 0.6) is 0 Å². The molecule has 2 aliphatic rings. The molecule has 0 aromatic heterocycles. The van der Waals surface area contributed by atoms with E-state index in [0.29, 0.717) is 0 Å². The summed E-state index contributed by atoms with van der Waals surface area (Å²) in [6.07, 6.45) is 16.3. The van der Waals surface area contributed by atoms with E-state index >= 15 is 0 Å². The van der Waals surface area contributed by atoms with E-state index in [1.807, 2.05) is 5.31 Å². The molecule has 0 aliphatic heterocycles. The minimum Gasteiger partial charge on any atom is -1.00 e. The fourth-order valence-corrected chi connectivity index (χ4v) is 9.41. The Bertz CT molecular complexity index is 616. The van der Waals surface area contributed by atoms with Crippen LogP contribution in [-0.2, 0) is 19.2 Å². The van der Waals surface area contributed by atoms with Gasteiger partial charge in [0.1, 0.15) is 0 Å². The van der Waals surface area contributed by atoms with Crippen molar-refractivity contribution >= 4 is 14.0 Å². The minimum absolute atomic E-state index is 0. The Hall–Kier alpha value is 0.164. The Morgan fingerprint density at radius 3 is 2.42 bits per heavy atom. The van der Waals surface area contributed by atoms with Crippen molar-refractivity contribution in [3.8, 4) is 0 Å². The molecular formula is C20H25Cl2PTi. The van der Waals surface area contributed by atoms with Gasteiger partial charge in [0.2, 0.25) is 0 Å². The fourth-order valence-electron chi connectivity index (χ4n) is 3.38. The van der Waals surface area contributed by atoms with Crippen LogP contribution in [0.2, 0.25) is 0 Å². The number of allylic oxidation sites excluding steroid dienone is 5. The molecular weight excluding hydrogens is 390 g/mol. The van der Waals surface area contributed by atoms with Crippen molar-refractivity contribution in [3.63, 3.8) is 0 Å². The average molecular weight is 415 g/mol. The molecule has 0 saturated heterocycles. The molecule has 0 radical (unpaired) electrons. The second kappa shape index (κ2) is 11.0. The van der Waals surface area contributed by atoms with Gasteiger partial charge < -0.3 is 24.8 Å². The zero-order valence-electron chi connectivity index (χ0n) is 14.4. The van der Waals surface area contributed by atoms with Crippen molar-refractivity contribution in [2.24, 2.45) is 0 Å². The van der Waals surface area contributed by atoms with Crippen LogP contribution < -0.4 is 24.8 Å². The van der Waals surface area contributed by atoms with Crippen molar-refractivity contribution in [1.29, 1.82) is 0 Å². The van der Waals surface area contributed by atoms with Crippen molar-refractivity contribution in [2.45, 2.75) is 37.3 Å². The van der Waals surface area contributed by atoms with Gasteiger partial charge in [-0.3, -0.25) is 0 Å². The zero-order valence-corrected chi connectivity index (χ0v) is 18.4. The number of rotatable bonds is 7. The molecule has 0 fully saturated rings. The second-order valence-electron chi connectivity index (χ2n) is 6.09. The summed E-state index contributed by atoms with van der Waals surface area (Å²) in [6, 6.07) is 9.15. The van der Waals surface area contributed by atoms with Crippen molar-refractivity contribution < 1.29 is 44.0 Å². The summed E-state index contributed by atoms with van der Waals surface area (Å²) in [5, 5.41) is 1.83. The molecule has 0 saturated carbocycles. The quantitative estimate of drug-likeness (QED) is 0.445. The van der Waals surface area contributed by atoms with E-state index in [2.05, 4.69) is 62.4 Å². The summed E-state index contributed by atoms with van der Waals surface area (Å²) in [7, 11) is 0.0769. The third-order valence-corrected chi connectivity index (χ3v) is 10.4. The van der Waals surface area contributed by atoms with E-state index < -0.39 is 0 Å². The number of hydrogen-bond donors (Lipinski definition) is 0. The van der Waals surface area contributed by atoms with Gasteiger partial charge in [0, 0.05) is 0 Å². The first kappa shape index (κ1) is 22.2. The fraction of sp³-hybridized carbons (Fsp3) is 0.400. The van der Waals surface area contributed by atoms with E-state index in [9.17, 15) is 0 Å². The van der Waals surface area contributed by atoms with Gasteiger partial charge in [0.15, 0.2) is 0 Å². The van der Waals surface area contributed by atoms with Gasteiger partial charge in [-0.05, 0) is 0 Å². The summed E-state index contributed by atoms with van der Waals surface area (Å²) in [4.78, 5) is 0. The summed E-state index contributed by atoms with van der Waals surface area (Å²) in [5.74, 6) is 0. The molecule has 128 valence electrons. The average Bonchev–Trinajstić information content (AvgIpc) is 3.16. The van der Waals surface area contributed by atoms with Crippen LogP contribution in [0.3, 0.4) is 0 Å².